The van der Waals surface area contributed by atoms with Crippen LogP contribution in [0.15, 0.2) is 41.3 Å². The van der Waals surface area contributed by atoms with E-state index in [1.165, 1.54) is 7.11 Å². The molecule has 2 rings (SSSR count). The number of benzene rings is 2. The SMILES string of the molecule is COc1ccc(C)cc1[C@@H](C)NC(=O)CNS(=O)(=O)c1c(F)cccc1F. The third kappa shape index (κ3) is 5.01. The first-order valence-electron chi connectivity index (χ1n) is 8.03. The largest absolute Gasteiger partial charge is 0.496 e. The van der Waals surface area contributed by atoms with Crippen LogP contribution in [0.5, 0.6) is 5.75 Å². The van der Waals surface area contributed by atoms with Gasteiger partial charge in [0.05, 0.1) is 19.7 Å². The van der Waals surface area contributed by atoms with Gasteiger partial charge in [0.15, 0.2) is 4.90 Å². The Kier molecular flexibility index (Phi) is 6.50. The fraction of sp³-hybridized carbons (Fsp3) is 0.278. The van der Waals surface area contributed by atoms with Gasteiger partial charge >= 0.3 is 0 Å². The van der Waals surface area contributed by atoms with Gasteiger partial charge in [0, 0.05) is 5.56 Å². The van der Waals surface area contributed by atoms with Crippen molar-refractivity contribution in [3.8, 4) is 5.75 Å². The lowest BCUT2D eigenvalue weighted by molar-refractivity contribution is -0.120. The molecule has 2 aromatic carbocycles. The van der Waals surface area contributed by atoms with Crippen molar-refractivity contribution < 1.29 is 26.7 Å². The van der Waals surface area contributed by atoms with Crippen molar-refractivity contribution in [2.75, 3.05) is 13.7 Å². The van der Waals surface area contributed by atoms with Crippen molar-refractivity contribution in [3.05, 3.63) is 59.2 Å². The summed E-state index contributed by atoms with van der Waals surface area (Å²) in [6.07, 6.45) is 0. The number of nitrogens with one attached hydrogen (secondary N) is 2. The van der Waals surface area contributed by atoms with E-state index in [-0.39, 0.29) is 0 Å². The quantitative estimate of drug-likeness (QED) is 0.750. The third-order valence-electron chi connectivity index (χ3n) is 3.84. The van der Waals surface area contributed by atoms with E-state index in [1.807, 2.05) is 23.8 Å². The van der Waals surface area contributed by atoms with Gasteiger partial charge < -0.3 is 10.1 Å². The molecule has 2 N–H and O–H groups in total. The number of carbonyl (C=O) groups excluding carboxylic acids is 1. The highest BCUT2D eigenvalue weighted by Gasteiger charge is 2.24. The molecular formula is C18H20F2N2O4S. The molecule has 0 aliphatic heterocycles. The first kappa shape index (κ1) is 20.8. The van der Waals surface area contributed by atoms with Crippen molar-refractivity contribution in [2.24, 2.45) is 0 Å². The molecule has 0 heterocycles. The van der Waals surface area contributed by atoms with E-state index in [0.29, 0.717) is 11.3 Å². The summed E-state index contributed by atoms with van der Waals surface area (Å²) in [6.45, 7) is 2.92. The summed E-state index contributed by atoms with van der Waals surface area (Å²) in [5.41, 5.74) is 1.68. The highest BCUT2D eigenvalue weighted by molar-refractivity contribution is 7.89. The van der Waals surface area contributed by atoms with E-state index in [9.17, 15) is 22.0 Å². The third-order valence-corrected chi connectivity index (χ3v) is 5.29. The van der Waals surface area contributed by atoms with Gasteiger partial charge in [-0.1, -0.05) is 23.8 Å². The summed E-state index contributed by atoms with van der Waals surface area (Å²) in [6, 6.07) is 7.68. The number of halogens is 2. The van der Waals surface area contributed by atoms with Crippen molar-refractivity contribution >= 4 is 15.9 Å². The van der Waals surface area contributed by atoms with Crippen LogP contribution >= 0.6 is 0 Å². The van der Waals surface area contributed by atoms with Gasteiger partial charge in [0.2, 0.25) is 15.9 Å². The van der Waals surface area contributed by atoms with Crippen LogP contribution in [-0.2, 0) is 14.8 Å². The molecular weight excluding hydrogens is 378 g/mol. The molecule has 27 heavy (non-hydrogen) atoms. The molecule has 0 spiro atoms. The maximum Gasteiger partial charge on any atom is 0.246 e. The van der Waals surface area contributed by atoms with Gasteiger partial charge in [-0.3, -0.25) is 4.79 Å². The predicted molar refractivity (Wildman–Crippen MR) is 95.8 cm³/mol. The number of methoxy groups -OCH3 is 1. The number of carbonyl (C=O) groups is 1. The van der Waals surface area contributed by atoms with Gasteiger partial charge in [-0.25, -0.2) is 21.9 Å². The average Bonchev–Trinajstić information content (AvgIpc) is 2.59. The number of rotatable bonds is 7. The van der Waals surface area contributed by atoms with Crippen molar-refractivity contribution in [3.63, 3.8) is 0 Å². The zero-order chi connectivity index (χ0) is 20.2. The lowest BCUT2D eigenvalue weighted by Crippen LogP contribution is -2.38. The van der Waals surface area contributed by atoms with Gasteiger partial charge in [-0.05, 0) is 32.0 Å². The van der Waals surface area contributed by atoms with Crippen molar-refractivity contribution in [1.29, 1.82) is 0 Å². The van der Waals surface area contributed by atoms with Crippen LogP contribution in [0, 0.1) is 18.6 Å². The minimum absolute atomic E-state index is 0.470. The normalized spacial score (nSPS) is 12.5. The summed E-state index contributed by atoms with van der Waals surface area (Å²) in [5, 5.41) is 2.62. The lowest BCUT2D eigenvalue weighted by atomic mass is 10.0. The Morgan fingerprint density at radius 1 is 1.19 bits per heavy atom. The first-order chi connectivity index (χ1) is 12.7. The highest BCUT2D eigenvalue weighted by atomic mass is 32.2. The summed E-state index contributed by atoms with van der Waals surface area (Å²) in [4.78, 5) is 11.0. The van der Waals surface area contributed by atoms with E-state index in [0.717, 1.165) is 23.8 Å². The molecule has 0 fully saturated rings. The standard InChI is InChI=1S/C18H20F2N2O4S/c1-11-7-8-16(26-3)13(9-11)12(2)22-17(23)10-21-27(24,25)18-14(19)5-4-6-15(18)20/h4-9,12,21H,10H2,1-3H3,(H,22,23)/t12-/m1/s1. The summed E-state index contributed by atoms with van der Waals surface area (Å²) in [5.74, 6) is -2.56. The smallest absolute Gasteiger partial charge is 0.246 e. The predicted octanol–water partition coefficient (Wildman–Crippen LogP) is 2.44. The second-order valence-corrected chi connectivity index (χ2v) is 7.61. The van der Waals surface area contributed by atoms with Crippen LogP contribution in [0.4, 0.5) is 8.78 Å². The average molecular weight is 398 g/mol. The number of hydrogen-bond donors (Lipinski definition) is 2. The number of aryl methyl sites for hydroxylation is 1. The Bertz CT molecular complexity index is 928. The fourth-order valence-electron chi connectivity index (χ4n) is 2.53. The van der Waals surface area contributed by atoms with E-state index < -0.39 is 45.0 Å². The van der Waals surface area contributed by atoms with Gasteiger partial charge in [0.1, 0.15) is 17.4 Å². The second kappa shape index (κ2) is 8.45. The zero-order valence-corrected chi connectivity index (χ0v) is 15.9. The van der Waals surface area contributed by atoms with E-state index in [4.69, 9.17) is 4.74 Å². The number of hydrogen-bond acceptors (Lipinski definition) is 4. The first-order valence-corrected chi connectivity index (χ1v) is 9.51. The summed E-state index contributed by atoms with van der Waals surface area (Å²) in [7, 11) is -3.02. The molecule has 1 atom stereocenters. The zero-order valence-electron chi connectivity index (χ0n) is 15.0. The van der Waals surface area contributed by atoms with Crippen LogP contribution < -0.4 is 14.8 Å². The van der Waals surface area contributed by atoms with Gasteiger partial charge in [-0.15, -0.1) is 0 Å². The summed E-state index contributed by atoms with van der Waals surface area (Å²) >= 11 is 0. The van der Waals surface area contributed by atoms with E-state index >= 15 is 0 Å². The number of sulfonamides is 1. The molecule has 0 bridgehead atoms. The fourth-order valence-corrected chi connectivity index (χ4v) is 3.65. The molecule has 0 radical (unpaired) electrons. The Morgan fingerprint density at radius 3 is 2.41 bits per heavy atom. The Balaban J connectivity index is 2.07. The monoisotopic (exact) mass is 398 g/mol. The molecule has 0 saturated carbocycles. The molecule has 0 saturated heterocycles. The van der Waals surface area contributed by atoms with Crippen LogP contribution in [0.2, 0.25) is 0 Å². The number of ether oxygens (including phenoxy) is 1. The Labute approximate surface area is 156 Å². The molecule has 146 valence electrons. The van der Waals surface area contributed by atoms with E-state index in [2.05, 4.69) is 5.32 Å². The van der Waals surface area contributed by atoms with Gasteiger partial charge in [0.25, 0.3) is 0 Å². The molecule has 0 aromatic heterocycles. The van der Waals surface area contributed by atoms with Gasteiger partial charge in [-0.2, -0.15) is 0 Å². The second-order valence-electron chi connectivity index (χ2n) is 5.91. The van der Waals surface area contributed by atoms with E-state index in [1.54, 1.807) is 13.0 Å². The highest BCUT2D eigenvalue weighted by Crippen LogP contribution is 2.26. The Morgan fingerprint density at radius 2 is 1.81 bits per heavy atom. The topological polar surface area (TPSA) is 84.5 Å². The summed E-state index contributed by atoms with van der Waals surface area (Å²) < 4.78 is 58.6. The van der Waals surface area contributed by atoms with Crippen LogP contribution in [0.1, 0.15) is 24.1 Å². The molecule has 9 heteroatoms. The maximum atomic E-state index is 13.6. The Hall–Kier alpha value is -2.52. The minimum atomic E-state index is -4.52. The van der Waals surface area contributed by atoms with Crippen molar-refractivity contribution in [1.82, 2.24) is 10.0 Å². The molecule has 0 unspecified atom stereocenters. The molecule has 0 aliphatic carbocycles. The number of amides is 1. The van der Waals surface area contributed by atoms with Crippen molar-refractivity contribution in [2.45, 2.75) is 24.8 Å². The molecule has 0 aliphatic rings. The van der Waals surface area contributed by atoms with Crippen LogP contribution in [0.3, 0.4) is 0 Å². The lowest BCUT2D eigenvalue weighted by Gasteiger charge is -2.18. The molecule has 2 aromatic rings. The van der Waals surface area contributed by atoms with Crippen LogP contribution in [0.25, 0.3) is 0 Å². The minimum Gasteiger partial charge on any atom is -0.496 e. The maximum absolute atomic E-state index is 13.6. The van der Waals surface area contributed by atoms with Crippen LogP contribution in [-0.4, -0.2) is 28.0 Å². The molecule has 6 nitrogen and oxygen atoms in total. The molecule has 1 amide bonds.